The summed E-state index contributed by atoms with van der Waals surface area (Å²) in [7, 11) is 0. The molecule has 0 atom stereocenters. The first-order valence-electron chi connectivity index (χ1n) is 7.18. The average molecular weight is 317 g/mol. The standard InChI is InChI=1S/C15H17ClN6/c1-8-11(13(22-21-8)15(2,3)7-17)19-14-18-6-10(16)12(20-14)9-4-5-9/h6,9H,4-5H2,1-3H3,(H,21,22)(H,18,19,20). The lowest BCUT2D eigenvalue weighted by atomic mass is 9.90. The molecule has 3 rings (SSSR count). The van der Waals surface area contributed by atoms with E-state index in [1.807, 2.05) is 20.8 Å². The highest BCUT2D eigenvalue weighted by atomic mass is 35.5. The van der Waals surface area contributed by atoms with E-state index >= 15 is 0 Å². The molecule has 0 radical (unpaired) electrons. The maximum atomic E-state index is 9.33. The third-order valence-corrected chi connectivity index (χ3v) is 4.08. The number of aromatic amines is 1. The van der Waals surface area contributed by atoms with Crippen molar-refractivity contribution >= 4 is 23.2 Å². The molecule has 1 aliphatic carbocycles. The van der Waals surface area contributed by atoms with Gasteiger partial charge in [-0.15, -0.1) is 0 Å². The second kappa shape index (κ2) is 5.25. The summed E-state index contributed by atoms with van der Waals surface area (Å²) in [6, 6.07) is 2.26. The molecule has 0 unspecified atom stereocenters. The van der Waals surface area contributed by atoms with Gasteiger partial charge in [-0.25, -0.2) is 9.97 Å². The molecule has 0 bridgehead atoms. The quantitative estimate of drug-likeness (QED) is 0.899. The minimum absolute atomic E-state index is 0.441. The zero-order chi connectivity index (χ0) is 15.9. The van der Waals surface area contributed by atoms with Crippen LogP contribution in [0.1, 0.15) is 49.7 Å². The first-order chi connectivity index (χ1) is 10.4. The van der Waals surface area contributed by atoms with Gasteiger partial charge in [0.15, 0.2) is 0 Å². The van der Waals surface area contributed by atoms with Gasteiger partial charge < -0.3 is 5.32 Å². The Morgan fingerprint density at radius 2 is 2.18 bits per heavy atom. The highest BCUT2D eigenvalue weighted by molar-refractivity contribution is 6.31. The molecule has 7 heteroatoms. The molecule has 2 N–H and O–H groups in total. The van der Waals surface area contributed by atoms with Crippen molar-refractivity contribution < 1.29 is 0 Å². The maximum Gasteiger partial charge on any atom is 0.227 e. The molecule has 1 fully saturated rings. The Morgan fingerprint density at radius 1 is 1.45 bits per heavy atom. The number of hydrogen-bond acceptors (Lipinski definition) is 5. The number of rotatable bonds is 4. The fourth-order valence-corrected chi connectivity index (χ4v) is 2.53. The third kappa shape index (κ3) is 2.64. The van der Waals surface area contributed by atoms with E-state index in [9.17, 15) is 5.26 Å². The second-order valence-electron chi connectivity index (χ2n) is 6.14. The number of aryl methyl sites for hydroxylation is 1. The van der Waals surface area contributed by atoms with Crippen LogP contribution >= 0.6 is 11.6 Å². The smallest absolute Gasteiger partial charge is 0.227 e. The maximum absolute atomic E-state index is 9.33. The van der Waals surface area contributed by atoms with Crippen molar-refractivity contribution in [3.63, 3.8) is 0 Å². The van der Waals surface area contributed by atoms with Gasteiger partial charge in [-0.3, -0.25) is 5.10 Å². The number of aromatic nitrogens is 4. The molecule has 6 nitrogen and oxygen atoms in total. The van der Waals surface area contributed by atoms with Crippen molar-refractivity contribution in [3.8, 4) is 6.07 Å². The largest absolute Gasteiger partial charge is 0.321 e. The number of anilines is 2. The zero-order valence-corrected chi connectivity index (χ0v) is 13.5. The van der Waals surface area contributed by atoms with E-state index in [1.54, 1.807) is 6.20 Å². The van der Waals surface area contributed by atoms with Crippen molar-refractivity contribution in [3.05, 3.63) is 28.3 Å². The fourth-order valence-electron chi connectivity index (χ4n) is 2.28. The van der Waals surface area contributed by atoms with E-state index in [-0.39, 0.29) is 0 Å². The predicted molar refractivity (Wildman–Crippen MR) is 84.3 cm³/mol. The number of H-pyrrole nitrogens is 1. The van der Waals surface area contributed by atoms with Crippen molar-refractivity contribution in [2.75, 3.05) is 5.32 Å². The van der Waals surface area contributed by atoms with E-state index in [0.29, 0.717) is 22.6 Å². The summed E-state index contributed by atoms with van der Waals surface area (Å²) < 4.78 is 0. The van der Waals surface area contributed by atoms with Crippen molar-refractivity contribution in [2.24, 2.45) is 0 Å². The Morgan fingerprint density at radius 3 is 2.82 bits per heavy atom. The Labute approximate surface area is 133 Å². The molecule has 22 heavy (non-hydrogen) atoms. The zero-order valence-electron chi connectivity index (χ0n) is 12.7. The lowest BCUT2D eigenvalue weighted by Gasteiger charge is -2.15. The van der Waals surface area contributed by atoms with Gasteiger partial charge in [-0.1, -0.05) is 11.6 Å². The highest BCUT2D eigenvalue weighted by Gasteiger charge is 2.30. The van der Waals surface area contributed by atoms with Gasteiger partial charge in [-0.2, -0.15) is 10.4 Å². The molecule has 2 aromatic rings. The Kier molecular flexibility index (Phi) is 3.53. The molecule has 2 aromatic heterocycles. The van der Waals surface area contributed by atoms with Gasteiger partial charge in [-0.05, 0) is 33.6 Å². The molecular weight excluding hydrogens is 300 g/mol. The molecule has 2 heterocycles. The minimum Gasteiger partial charge on any atom is -0.321 e. The Bertz CT molecular complexity index is 754. The molecule has 0 saturated heterocycles. The first kappa shape index (κ1) is 14.8. The topological polar surface area (TPSA) is 90.3 Å². The molecule has 1 aliphatic rings. The number of hydrogen-bond donors (Lipinski definition) is 2. The van der Waals surface area contributed by atoms with Crippen molar-refractivity contribution in [1.29, 1.82) is 5.26 Å². The summed E-state index contributed by atoms with van der Waals surface area (Å²) in [5.74, 6) is 0.919. The molecule has 0 spiro atoms. The summed E-state index contributed by atoms with van der Waals surface area (Å²) in [4.78, 5) is 8.76. The van der Waals surface area contributed by atoms with Crippen LogP contribution in [0.15, 0.2) is 6.20 Å². The van der Waals surface area contributed by atoms with E-state index in [4.69, 9.17) is 11.6 Å². The summed E-state index contributed by atoms with van der Waals surface area (Å²) >= 11 is 6.16. The molecule has 0 aromatic carbocycles. The van der Waals surface area contributed by atoms with Gasteiger partial charge in [0, 0.05) is 5.92 Å². The molecule has 0 amide bonds. The fraction of sp³-hybridized carbons (Fsp3) is 0.467. The highest BCUT2D eigenvalue weighted by Crippen LogP contribution is 2.42. The van der Waals surface area contributed by atoms with Crippen LogP contribution in [0.25, 0.3) is 0 Å². The van der Waals surface area contributed by atoms with Crippen LogP contribution in [-0.2, 0) is 5.41 Å². The number of nitriles is 1. The molecular formula is C15H17ClN6. The van der Waals surface area contributed by atoms with Crippen LogP contribution in [0.3, 0.4) is 0 Å². The van der Waals surface area contributed by atoms with Crippen LogP contribution < -0.4 is 5.32 Å². The minimum atomic E-state index is -0.709. The predicted octanol–water partition coefficient (Wildman–Crippen LogP) is 3.58. The molecule has 114 valence electrons. The molecule has 0 aliphatic heterocycles. The first-order valence-corrected chi connectivity index (χ1v) is 7.56. The third-order valence-electron chi connectivity index (χ3n) is 3.79. The van der Waals surface area contributed by atoms with E-state index in [0.717, 1.165) is 29.9 Å². The Balaban J connectivity index is 1.96. The van der Waals surface area contributed by atoms with Crippen LogP contribution in [0, 0.1) is 18.3 Å². The number of nitrogens with zero attached hydrogens (tertiary/aromatic N) is 4. The second-order valence-corrected chi connectivity index (χ2v) is 6.54. The SMILES string of the molecule is Cc1[nH]nc(C(C)(C)C#N)c1Nc1ncc(Cl)c(C2CC2)n1. The van der Waals surface area contributed by atoms with Crippen LogP contribution in [-0.4, -0.2) is 20.2 Å². The van der Waals surface area contributed by atoms with Gasteiger partial charge >= 0.3 is 0 Å². The average Bonchev–Trinajstić information content (AvgIpc) is 3.26. The van der Waals surface area contributed by atoms with Gasteiger partial charge in [0.05, 0.1) is 39.8 Å². The Hall–Kier alpha value is -2.13. The van der Waals surface area contributed by atoms with Gasteiger partial charge in [0.2, 0.25) is 5.95 Å². The van der Waals surface area contributed by atoms with Crippen molar-refractivity contribution in [2.45, 2.75) is 44.9 Å². The summed E-state index contributed by atoms with van der Waals surface area (Å²) in [6.45, 7) is 5.54. The monoisotopic (exact) mass is 316 g/mol. The normalized spacial score (nSPS) is 14.7. The number of nitrogens with one attached hydrogen (secondary N) is 2. The summed E-state index contributed by atoms with van der Waals surface area (Å²) in [5, 5.41) is 20.3. The van der Waals surface area contributed by atoms with Gasteiger partial charge in [0.1, 0.15) is 5.69 Å². The van der Waals surface area contributed by atoms with E-state index in [1.165, 1.54) is 0 Å². The number of halogens is 1. The lowest BCUT2D eigenvalue weighted by Crippen LogP contribution is -2.17. The van der Waals surface area contributed by atoms with Crippen molar-refractivity contribution in [1.82, 2.24) is 20.2 Å². The van der Waals surface area contributed by atoms with E-state index in [2.05, 4.69) is 31.6 Å². The van der Waals surface area contributed by atoms with E-state index < -0.39 is 5.41 Å². The van der Waals surface area contributed by atoms with Crippen LogP contribution in [0.4, 0.5) is 11.6 Å². The van der Waals surface area contributed by atoms with Crippen LogP contribution in [0.5, 0.6) is 0 Å². The van der Waals surface area contributed by atoms with Crippen LogP contribution in [0.2, 0.25) is 5.02 Å². The summed E-state index contributed by atoms with van der Waals surface area (Å²) in [6.07, 6.45) is 3.86. The summed E-state index contributed by atoms with van der Waals surface area (Å²) in [5.41, 5.74) is 2.42. The lowest BCUT2D eigenvalue weighted by molar-refractivity contribution is 0.657. The molecule has 1 saturated carbocycles. The van der Waals surface area contributed by atoms with Gasteiger partial charge in [0.25, 0.3) is 0 Å².